The highest BCUT2D eigenvalue weighted by Crippen LogP contribution is 2.37. The summed E-state index contributed by atoms with van der Waals surface area (Å²) in [6.07, 6.45) is 2.51. The van der Waals surface area contributed by atoms with E-state index in [4.69, 9.17) is 0 Å². The fourth-order valence-electron chi connectivity index (χ4n) is 2.51. The van der Waals surface area contributed by atoms with Crippen LogP contribution in [-0.2, 0) is 6.54 Å². The van der Waals surface area contributed by atoms with Crippen LogP contribution in [0.1, 0.15) is 29.2 Å². The topological polar surface area (TPSA) is 12.0 Å². The zero-order valence-electron chi connectivity index (χ0n) is 10.4. The van der Waals surface area contributed by atoms with Gasteiger partial charge in [0.2, 0.25) is 0 Å². The second-order valence-electron chi connectivity index (χ2n) is 5.03. The Balaban J connectivity index is 1.48. The lowest BCUT2D eigenvalue weighted by Gasteiger charge is -2.36. The average Bonchev–Trinajstić information content (AvgIpc) is 2.73. The van der Waals surface area contributed by atoms with E-state index in [1.165, 1.54) is 32.2 Å². The second-order valence-corrected chi connectivity index (χ2v) is 7.86. The maximum Gasteiger partial charge on any atom is 0.0302 e. The van der Waals surface area contributed by atoms with Gasteiger partial charge in [0.1, 0.15) is 0 Å². The van der Waals surface area contributed by atoms with Crippen LogP contribution in [0, 0.1) is 0 Å². The van der Waals surface area contributed by atoms with E-state index >= 15 is 0 Å². The van der Waals surface area contributed by atoms with Crippen molar-refractivity contribution in [1.82, 2.24) is 5.32 Å². The van der Waals surface area contributed by atoms with Crippen LogP contribution in [0.4, 0.5) is 0 Å². The van der Waals surface area contributed by atoms with E-state index in [0.29, 0.717) is 6.04 Å². The highest BCUT2D eigenvalue weighted by Gasteiger charge is 2.29. The second kappa shape index (κ2) is 6.08. The van der Waals surface area contributed by atoms with Crippen LogP contribution in [0.5, 0.6) is 0 Å². The number of hydrogen-bond acceptors (Lipinski definition) is 2. The lowest BCUT2D eigenvalue weighted by atomic mass is 9.76. The number of nitrogens with one attached hydrogen (secondary N) is 1. The van der Waals surface area contributed by atoms with Crippen molar-refractivity contribution in [1.29, 1.82) is 0 Å². The molecule has 0 spiro atoms. The van der Waals surface area contributed by atoms with Gasteiger partial charge < -0.3 is 5.32 Å². The van der Waals surface area contributed by atoms with E-state index < -0.39 is 0 Å². The van der Waals surface area contributed by atoms with E-state index in [1.54, 1.807) is 0 Å². The van der Waals surface area contributed by atoms with Crippen LogP contribution in [0.3, 0.4) is 0 Å². The molecule has 100 valence electrons. The molecule has 1 nitrogen and oxygen atoms in total. The van der Waals surface area contributed by atoms with Gasteiger partial charge in [-0.05, 0) is 58.5 Å². The van der Waals surface area contributed by atoms with E-state index in [1.807, 2.05) is 11.3 Å². The Labute approximate surface area is 134 Å². The zero-order chi connectivity index (χ0) is 13.2. The Kier molecular flexibility index (Phi) is 4.42. The molecule has 0 aliphatic heterocycles. The van der Waals surface area contributed by atoms with E-state index in [0.717, 1.165) is 12.5 Å². The number of halogens is 2. The Morgan fingerprint density at radius 3 is 2.68 bits per heavy atom. The lowest BCUT2D eigenvalue weighted by molar-refractivity contribution is 0.290. The van der Waals surface area contributed by atoms with Gasteiger partial charge in [-0.3, -0.25) is 0 Å². The Morgan fingerprint density at radius 2 is 2.00 bits per heavy atom. The monoisotopic (exact) mass is 399 g/mol. The Bertz CT molecular complexity index is 561. The lowest BCUT2D eigenvalue weighted by Crippen LogP contribution is -2.39. The van der Waals surface area contributed by atoms with Crippen molar-refractivity contribution in [3.05, 3.63) is 55.1 Å². The van der Waals surface area contributed by atoms with Gasteiger partial charge in [0.05, 0.1) is 0 Å². The summed E-state index contributed by atoms with van der Waals surface area (Å²) in [5.74, 6) is 0.727. The van der Waals surface area contributed by atoms with E-state index in [9.17, 15) is 0 Å². The summed E-state index contributed by atoms with van der Waals surface area (Å²) in [6, 6.07) is 11.6. The summed E-state index contributed by atoms with van der Waals surface area (Å²) in [6.45, 7) is 0.992. The largest absolute Gasteiger partial charge is 0.309 e. The summed E-state index contributed by atoms with van der Waals surface area (Å²) >= 11 is 8.85. The van der Waals surface area contributed by atoms with Gasteiger partial charge in [-0.2, -0.15) is 0 Å². The van der Waals surface area contributed by atoms with Crippen LogP contribution in [0.25, 0.3) is 0 Å². The molecule has 19 heavy (non-hydrogen) atoms. The number of hydrogen-bond donors (Lipinski definition) is 1. The summed E-state index contributed by atoms with van der Waals surface area (Å²) in [5, 5.41) is 5.78. The van der Waals surface area contributed by atoms with E-state index in [-0.39, 0.29) is 0 Å². The third kappa shape index (κ3) is 3.48. The first kappa shape index (κ1) is 13.8. The van der Waals surface area contributed by atoms with E-state index in [2.05, 4.69) is 72.9 Å². The van der Waals surface area contributed by atoms with Crippen LogP contribution in [0.2, 0.25) is 0 Å². The predicted octanol–water partition coefficient (Wildman–Crippen LogP) is 5.31. The zero-order valence-corrected chi connectivity index (χ0v) is 14.4. The quantitative estimate of drug-likeness (QED) is 0.733. The van der Waals surface area contributed by atoms with Crippen LogP contribution < -0.4 is 5.32 Å². The van der Waals surface area contributed by atoms with Crippen molar-refractivity contribution in [2.75, 3.05) is 0 Å². The molecule has 0 amide bonds. The summed E-state index contributed by atoms with van der Waals surface area (Å²) in [7, 11) is 0. The molecule has 1 aromatic carbocycles. The molecule has 0 unspecified atom stereocenters. The molecule has 1 fully saturated rings. The minimum absolute atomic E-state index is 0.671. The SMILES string of the molecule is Brc1cccc(C2CC(NCc3cc(Br)cs3)C2)c1. The van der Waals surface area contributed by atoms with Gasteiger partial charge >= 0.3 is 0 Å². The highest BCUT2D eigenvalue weighted by atomic mass is 79.9. The summed E-state index contributed by atoms with van der Waals surface area (Å²) in [5.41, 5.74) is 1.46. The number of benzene rings is 1. The first-order chi connectivity index (χ1) is 9.20. The van der Waals surface area contributed by atoms with Gasteiger partial charge in [-0.15, -0.1) is 11.3 Å². The number of thiophene rings is 1. The van der Waals surface area contributed by atoms with Crippen molar-refractivity contribution >= 4 is 43.2 Å². The molecule has 1 heterocycles. The molecule has 1 aliphatic carbocycles. The standard InChI is InChI=1S/C15H15Br2NS/c16-12-3-1-2-10(4-12)11-5-14(6-11)18-8-15-7-13(17)9-19-15/h1-4,7,9,11,14,18H,5-6,8H2. The molecule has 1 saturated carbocycles. The molecule has 1 N–H and O–H groups in total. The van der Waals surface area contributed by atoms with Crippen molar-refractivity contribution in [3.63, 3.8) is 0 Å². The molecule has 0 saturated heterocycles. The molecule has 1 aromatic heterocycles. The minimum atomic E-state index is 0.671. The Hall–Kier alpha value is -0.160. The van der Waals surface area contributed by atoms with Crippen molar-refractivity contribution in [2.24, 2.45) is 0 Å². The molecule has 1 aliphatic rings. The fourth-order valence-corrected chi connectivity index (χ4v) is 4.33. The van der Waals surface area contributed by atoms with Crippen molar-refractivity contribution in [2.45, 2.75) is 31.3 Å². The molecule has 3 rings (SSSR count). The van der Waals surface area contributed by atoms with Gasteiger partial charge in [0.15, 0.2) is 0 Å². The summed E-state index contributed by atoms with van der Waals surface area (Å²) < 4.78 is 2.37. The third-order valence-corrected chi connectivity index (χ3v) is 5.84. The third-order valence-electron chi connectivity index (χ3n) is 3.64. The van der Waals surface area contributed by atoms with Crippen molar-refractivity contribution < 1.29 is 0 Å². The average molecular weight is 401 g/mol. The van der Waals surface area contributed by atoms with Gasteiger partial charge in [-0.25, -0.2) is 0 Å². The first-order valence-corrected chi connectivity index (χ1v) is 8.89. The molecule has 0 bridgehead atoms. The normalized spacial score (nSPS) is 22.2. The van der Waals surface area contributed by atoms with Gasteiger partial charge in [-0.1, -0.05) is 28.1 Å². The molecule has 2 aromatic rings. The van der Waals surface area contributed by atoms with Crippen LogP contribution in [-0.4, -0.2) is 6.04 Å². The maximum atomic E-state index is 3.64. The molecule has 4 heteroatoms. The number of rotatable bonds is 4. The first-order valence-electron chi connectivity index (χ1n) is 6.42. The molecular formula is C15H15Br2NS. The molecule has 0 atom stereocenters. The van der Waals surface area contributed by atoms with Gasteiger partial charge in [0, 0.05) is 31.8 Å². The van der Waals surface area contributed by atoms with Crippen LogP contribution >= 0.6 is 43.2 Å². The predicted molar refractivity (Wildman–Crippen MR) is 88.8 cm³/mol. The molecule has 0 radical (unpaired) electrons. The summed E-state index contributed by atoms with van der Waals surface area (Å²) in [4.78, 5) is 1.40. The maximum absolute atomic E-state index is 3.64. The molecular weight excluding hydrogens is 386 g/mol. The van der Waals surface area contributed by atoms with Crippen LogP contribution in [0.15, 0.2) is 44.7 Å². The van der Waals surface area contributed by atoms with Crippen molar-refractivity contribution in [3.8, 4) is 0 Å². The Morgan fingerprint density at radius 1 is 1.16 bits per heavy atom. The smallest absolute Gasteiger partial charge is 0.0302 e. The minimum Gasteiger partial charge on any atom is -0.309 e. The van der Waals surface area contributed by atoms with Gasteiger partial charge in [0.25, 0.3) is 0 Å². The fraction of sp³-hybridized carbons (Fsp3) is 0.333. The highest BCUT2D eigenvalue weighted by molar-refractivity contribution is 9.10.